The van der Waals surface area contributed by atoms with Gasteiger partial charge in [-0.05, 0) is 12.1 Å². The van der Waals surface area contributed by atoms with Crippen molar-refractivity contribution < 1.29 is 17.9 Å². The third-order valence-corrected chi connectivity index (χ3v) is 1.82. The predicted molar refractivity (Wildman–Crippen MR) is 45.8 cm³/mol. The number of rotatable bonds is 3. The first-order valence-corrected chi connectivity index (χ1v) is 3.94. The fourth-order valence-corrected chi connectivity index (χ4v) is 1.18. The molecular weight excluding hydrogens is 195 g/mol. The molecule has 1 rings (SSSR count). The fraction of sp³-hybridized carbons (Fsp3) is 0.333. The van der Waals surface area contributed by atoms with Gasteiger partial charge < -0.3 is 10.5 Å². The average Bonchev–Trinajstić information content (AvgIpc) is 2.16. The Morgan fingerprint density at radius 3 is 2.50 bits per heavy atom. The summed E-state index contributed by atoms with van der Waals surface area (Å²) in [4.78, 5) is 0. The Kier molecular flexibility index (Phi) is 3.35. The van der Waals surface area contributed by atoms with Crippen LogP contribution in [0.2, 0.25) is 0 Å². The van der Waals surface area contributed by atoms with E-state index in [2.05, 4.69) is 0 Å². The molecule has 0 aromatic heterocycles. The SMILES string of the molecule is COc1c(F)cc(C(F)F)cc1CN. The average molecular weight is 205 g/mol. The smallest absolute Gasteiger partial charge is 0.263 e. The van der Waals surface area contributed by atoms with E-state index in [1.165, 1.54) is 7.11 Å². The molecule has 0 fully saturated rings. The summed E-state index contributed by atoms with van der Waals surface area (Å²) in [5.74, 6) is -0.886. The van der Waals surface area contributed by atoms with Crippen LogP contribution in [0.4, 0.5) is 13.2 Å². The topological polar surface area (TPSA) is 35.2 Å². The molecule has 0 unspecified atom stereocenters. The highest BCUT2D eigenvalue weighted by atomic mass is 19.3. The first kappa shape index (κ1) is 10.8. The van der Waals surface area contributed by atoms with E-state index in [1.807, 2.05) is 0 Å². The van der Waals surface area contributed by atoms with Gasteiger partial charge >= 0.3 is 0 Å². The highest BCUT2D eigenvalue weighted by Crippen LogP contribution is 2.28. The van der Waals surface area contributed by atoms with Crippen LogP contribution in [0.25, 0.3) is 0 Å². The zero-order chi connectivity index (χ0) is 10.7. The van der Waals surface area contributed by atoms with E-state index in [1.54, 1.807) is 0 Å². The van der Waals surface area contributed by atoms with Crippen molar-refractivity contribution in [1.29, 1.82) is 0 Å². The molecule has 0 spiro atoms. The van der Waals surface area contributed by atoms with Crippen molar-refractivity contribution in [2.75, 3.05) is 7.11 Å². The number of methoxy groups -OCH3 is 1. The van der Waals surface area contributed by atoms with Crippen molar-refractivity contribution in [2.24, 2.45) is 5.73 Å². The van der Waals surface area contributed by atoms with E-state index in [9.17, 15) is 13.2 Å². The molecule has 0 heterocycles. The Morgan fingerprint density at radius 2 is 2.07 bits per heavy atom. The number of hydrogen-bond acceptors (Lipinski definition) is 2. The monoisotopic (exact) mass is 205 g/mol. The Balaban J connectivity index is 3.24. The first-order valence-electron chi connectivity index (χ1n) is 3.94. The van der Waals surface area contributed by atoms with Crippen LogP contribution in [0.1, 0.15) is 17.6 Å². The summed E-state index contributed by atoms with van der Waals surface area (Å²) in [5.41, 5.74) is 5.13. The van der Waals surface area contributed by atoms with Crippen LogP contribution in [-0.2, 0) is 6.54 Å². The molecule has 0 amide bonds. The molecule has 1 aromatic carbocycles. The Morgan fingerprint density at radius 1 is 1.43 bits per heavy atom. The molecule has 2 nitrogen and oxygen atoms in total. The maximum Gasteiger partial charge on any atom is 0.263 e. The van der Waals surface area contributed by atoms with Crippen LogP contribution in [0, 0.1) is 5.82 Å². The molecule has 0 saturated carbocycles. The lowest BCUT2D eigenvalue weighted by molar-refractivity contribution is 0.150. The van der Waals surface area contributed by atoms with Crippen LogP contribution in [0.3, 0.4) is 0 Å². The Hall–Kier alpha value is -1.23. The molecule has 2 N–H and O–H groups in total. The molecule has 0 aliphatic rings. The molecule has 0 radical (unpaired) electrons. The van der Waals surface area contributed by atoms with Gasteiger partial charge in [0.1, 0.15) is 0 Å². The number of alkyl halides is 2. The fourth-order valence-electron chi connectivity index (χ4n) is 1.18. The van der Waals surface area contributed by atoms with Gasteiger partial charge in [0.15, 0.2) is 11.6 Å². The maximum atomic E-state index is 13.1. The number of hydrogen-bond donors (Lipinski definition) is 1. The summed E-state index contributed by atoms with van der Waals surface area (Å²) in [6, 6.07) is 1.90. The maximum absolute atomic E-state index is 13.1. The molecule has 0 aliphatic heterocycles. The summed E-state index contributed by atoms with van der Waals surface area (Å²) in [7, 11) is 1.26. The highest BCUT2D eigenvalue weighted by Gasteiger charge is 2.15. The minimum Gasteiger partial charge on any atom is -0.493 e. The Bertz CT molecular complexity index is 328. The Labute approximate surface area is 79.5 Å². The molecule has 0 bridgehead atoms. The third-order valence-electron chi connectivity index (χ3n) is 1.82. The second-order valence-corrected chi connectivity index (χ2v) is 2.70. The first-order chi connectivity index (χ1) is 6.60. The molecule has 5 heteroatoms. The standard InChI is InChI=1S/C9H10F3NO/c1-14-8-6(4-13)2-5(9(11)12)3-7(8)10/h2-3,9H,4,13H2,1H3. The summed E-state index contributed by atoms with van der Waals surface area (Å²) in [6.45, 7) is -0.0410. The van der Waals surface area contributed by atoms with Gasteiger partial charge in [0, 0.05) is 17.7 Å². The summed E-state index contributed by atoms with van der Waals surface area (Å²) >= 11 is 0. The van der Waals surface area contributed by atoms with Crippen LogP contribution in [0.15, 0.2) is 12.1 Å². The molecule has 14 heavy (non-hydrogen) atoms. The van der Waals surface area contributed by atoms with Crippen molar-refractivity contribution >= 4 is 0 Å². The second kappa shape index (κ2) is 4.32. The van der Waals surface area contributed by atoms with Crippen molar-refractivity contribution in [2.45, 2.75) is 13.0 Å². The molecule has 0 aliphatic carbocycles. The summed E-state index contributed by atoms with van der Waals surface area (Å²) < 4.78 is 42.3. The van der Waals surface area contributed by atoms with Gasteiger partial charge in [0.25, 0.3) is 6.43 Å². The van der Waals surface area contributed by atoms with Crippen LogP contribution >= 0.6 is 0 Å². The lowest BCUT2D eigenvalue weighted by Gasteiger charge is -2.10. The van der Waals surface area contributed by atoms with E-state index in [0.29, 0.717) is 0 Å². The van der Waals surface area contributed by atoms with Gasteiger partial charge in [0.05, 0.1) is 7.11 Å². The van der Waals surface area contributed by atoms with Gasteiger partial charge in [-0.15, -0.1) is 0 Å². The summed E-state index contributed by atoms with van der Waals surface area (Å²) in [6.07, 6.45) is -2.71. The molecule has 1 aromatic rings. The van der Waals surface area contributed by atoms with Crippen molar-refractivity contribution in [3.8, 4) is 5.75 Å². The predicted octanol–water partition coefficient (Wildman–Crippen LogP) is 2.23. The van der Waals surface area contributed by atoms with Crippen LogP contribution < -0.4 is 10.5 Å². The molecular formula is C9H10F3NO. The molecule has 78 valence electrons. The number of benzene rings is 1. The second-order valence-electron chi connectivity index (χ2n) is 2.70. The molecule has 0 saturated heterocycles. The van der Waals surface area contributed by atoms with Gasteiger partial charge in [-0.3, -0.25) is 0 Å². The number of nitrogens with two attached hydrogens (primary N) is 1. The normalized spacial score (nSPS) is 10.7. The number of halogens is 3. The third kappa shape index (κ3) is 1.98. The van der Waals surface area contributed by atoms with Crippen molar-refractivity contribution in [3.05, 3.63) is 29.1 Å². The van der Waals surface area contributed by atoms with E-state index in [4.69, 9.17) is 10.5 Å². The van der Waals surface area contributed by atoms with E-state index < -0.39 is 12.2 Å². The zero-order valence-electron chi connectivity index (χ0n) is 7.56. The van der Waals surface area contributed by atoms with Gasteiger partial charge in [-0.25, -0.2) is 13.2 Å². The number of ether oxygens (including phenoxy) is 1. The zero-order valence-corrected chi connectivity index (χ0v) is 7.56. The summed E-state index contributed by atoms with van der Waals surface area (Å²) in [5, 5.41) is 0. The van der Waals surface area contributed by atoms with Crippen molar-refractivity contribution in [1.82, 2.24) is 0 Å². The largest absolute Gasteiger partial charge is 0.493 e. The lowest BCUT2D eigenvalue weighted by Crippen LogP contribution is -2.03. The van der Waals surface area contributed by atoms with E-state index in [-0.39, 0.29) is 23.4 Å². The molecule has 0 atom stereocenters. The quantitative estimate of drug-likeness (QED) is 0.821. The highest BCUT2D eigenvalue weighted by molar-refractivity contribution is 5.39. The van der Waals surface area contributed by atoms with Crippen LogP contribution in [-0.4, -0.2) is 7.11 Å². The van der Waals surface area contributed by atoms with Gasteiger partial charge in [0.2, 0.25) is 0 Å². The minimum absolute atomic E-state index is 0.0410. The van der Waals surface area contributed by atoms with E-state index in [0.717, 1.165) is 12.1 Å². The van der Waals surface area contributed by atoms with E-state index >= 15 is 0 Å². The van der Waals surface area contributed by atoms with Gasteiger partial charge in [-0.2, -0.15) is 0 Å². The van der Waals surface area contributed by atoms with Crippen molar-refractivity contribution in [3.63, 3.8) is 0 Å². The minimum atomic E-state index is -2.71. The van der Waals surface area contributed by atoms with Gasteiger partial charge in [-0.1, -0.05) is 0 Å². The van der Waals surface area contributed by atoms with Crippen LogP contribution in [0.5, 0.6) is 5.75 Å². The lowest BCUT2D eigenvalue weighted by atomic mass is 10.1.